The van der Waals surface area contributed by atoms with Gasteiger partial charge in [0.05, 0.1) is 23.3 Å². The number of piperidine rings is 1. The van der Waals surface area contributed by atoms with Crippen LogP contribution in [-0.2, 0) is 19.5 Å². The highest BCUT2D eigenvalue weighted by molar-refractivity contribution is 5.44. The van der Waals surface area contributed by atoms with Gasteiger partial charge in [-0.25, -0.2) is 4.98 Å². The fourth-order valence-corrected chi connectivity index (χ4v) is 4.66. The molecule has 0 bridgehead atoms. The van der Waals surface area contributed by atoms with Gasteiger partial charge in [-0.05, 0) is 49.1 Å². The molecule has 9 nitrogen and oxygen atoms in total. The van der Waals surface area contributed by atoms with E-state index in [-0.39, 0.29) is 10.6 Å². The number of fused-ring (bicyclic) bond motifs is 1. The van der Waals surface area contributed by atoms with Crippen LogP contribution in [0.5, 0.6) is 17.4 Å². The van der Waals surface area contributed by atoms with Crippen molar-refractivity contribution in [2.75, 3.05) is 31.6 Å². The molecule has 35 heavy (non-hydrogen) atoms. The van der Waals surface area contributed by atoms with E-state index in [1.807, 2.05) is 30.3 Å². The molecule has 182 valence electrons. The van der Waals surface area contributed by atoms with Crippen molar-refractivity contribution in [2.24, 2.45) is 0 Å². The SMILES string of the molecule is COc1ccc(Oc2nc(N3CCCCC3)nc3c2CN(Cc2cccc([N+](=O)[O-])c2)CC3)cc1. The van der Waals surface area contributed by atoms with Gasteiger partial charge in [0.2, 0.25) is 11.8 Å². The van der Waals surface area contributed by atoms with Crippen molar-refractivity contribution in [3.05, 3.63) is 75.5 Å². The van der Waals surface area contributed by atoms with Crippen LogP contribution in [0.15, 0.2) is 48.5 Å². The van der Waals surface area contributed by atoms with Gasteiger partial charge < -0.3 is 14.4 Å². The molecule has 2 aromatic carbocycles. The van der Waals surface area contributed by atoms with Crippen molar-refractivity contribution in [1.29, 1.82) is 0 Å². The lowest BCUT2D eigenvalue weighted by Gasteiger charge is -2.31. The lowest BCUT2D eigenvalue weighted by Crippen LogP contribution is -2.34. The second-order valence-corrected chi connectivity index (χ2v) is 8.97. The van der Waals surface area contributed by atoms with Crippen molar-refractivity contribution < 1.29 is 14.4 Å². The number of nitro benzene ring substituents is 1. The normalized spacial score (nSPS) is 16.0. The first kappa shape index (κ1) is 23.0. The summed E-state index contributed by atoms with van der Waals surface area (Å²) in [6.07, 6.45) is 4.30. The van der Waals surface area contributed by atoms with Gasteiger partial charge in [0.1, 0.15) is 11.5 Å². The third kappa shape index (κ3) is 5.35. The Kier molecular flexibility index (Phi) is 6.76. The highest BCUT2D eigenvalue weighted by Crippen LogP contribution is 2.33. The summed E-state index contributed by atoms with van der Waals surface area (Å²) < 4.78 is 11.6. The summed E-state index contributed by atoms with van der Waals surface area (Å²) in [5.74, 6) is 2.76. The highest BCUT2D eigenvalue weighted by Gasteiger charge is 2.26. The van der Waals surface area contributed by atoms with Crippen LogP contribution < -0.4 is 14.4 Å². The molecule has 0 atom stereocenters. The minimum Gasteiger partial charge on any atom is -0.497 e. The van der Waals surface area contributed by atoms with E-state index in [4.69, 9.17) is 19.4 Å². The second kappa shape index (κ2) is 10.3. The Morgan fingerprint density at radius 3 is 2.51 bits per heavy atom. The summed E-state index contributed by atoms with van der Waals surface area (Å²) in [4.78, 5) is 25.1. The number of methoxy groups -OCH3 is 1. The van der Waals surface area contributed by atoms with Gasteiger partial charge in [0.15, 0.2) is 0 Å². The maximum absolute atomic E-state index is 11.2. The van der Waals surface area contributed by atoms with E-state index in [2.05, 4.69) is 9.80 Å². The summed E-state index contributed by atoms with van der Waals surface area (Å²) >= 11 is 0. The molecule has 0 radical (unpaired) electrons. The van der Waals surface area contributed by atoms with E-state index in [0.29, 0.717) is 24.7 Å². The average Bonchev–Trinajstić information content (AvgIpc) is 2.90. The third-order valence-corrected chi connectivity index (χ3v) is 6.53. The number of hydrogen-bond acceptors (Lipinski definition) is 8. The first-order chi connectivity index (χ1) is 17.1. The first-order valence-electron chi connectivity index (χ1n) is 12.0. The molecule has 1 fully saturated rings. The van der Waals surface area contributed by atoms with Gasteiger partial charge in [0, 0.05) is 51.3 Å². The van der Waals surface area contributed by atoms with Crippen LogP contribution >= 0.6 is 0 Å². The molecule has 2 aliphatic rings. The molecule has 1 saturated heterocycles. The molecule has 0 saturated carbocycles. The number of nitrogens with zero attached hydrogens (tertiary/aromatic N) is 5. The van der Waals surface area contributed by atoms with E-state index >= 15 is 0 Å². The molecule has 0 amide bonds. The van der Waals surface area contributed by atoms with Gasteiger partial charge in [-0.2, -0.15) is 4.98 Å². The maximum atomic E-state index is 11.2. The van der Waals surface area contributed by atoms with Crippen molar-refractivity contribution >= 4 is 11.6 Å². The molecule has 1 aromatic heterocycles. The predicted octanol–water partition coefficient (Wildman–Crippen LogP) is 4.73. The number of nitro groups is 1. The lowest BCUT2D eigenvalue weighted by atomic mass is 10.1. The first-order valence-corrected chi connectivity index (χ1v) is 12.0. The second-order valence-electron chi connectivity index (χ2n) is 8.97. The Labute approximate surface area is 204 Å². The van der Waals surface area contributed by atoms with Crippen LogP contribution in [0.1, 0.15) is 36.1 Å². The van der Waals surface area contributed by atoms with E-state index in [0.717, 1.165) is 67.4 Å². The van der Waals surface area contributed by atoms with Gasteiger partial charge in [0.25, 0.3) is 5.69 Å². The molecule has 0 unspecified atom stereocenters. The molecular formula is C26H29N5O4. The van der Waals surface area contributed by atoms with Crippen LogP contribution in [0.2, 0.25) is 0 Å². The molecule has 3 heterocycles. The van der Waals surface area contributed by atoms with E-state index in [9.17, 15) is 10.1 Å². The van der Waals surface area contributed by atoms with Crippen molar-refractivity contribution in [3.63, 3.8) is 0 Å². The van der Waals surface area contributed by atoms with Crippen molar-refractivity contribution in [2.45, 2.75) is 38.8 Å². The maximum Gasteiger partial charge on any atom is 0.269 e. The number of aromatic nitrogens is 2. The zero-order chi connectivity index (χ0) is 24.2. The standard InChI is InChI=1S/C26H29N5O4/c1-34-21-8-10-22(11-9-21)35-25-23-18-29(17-19-6-5-7-20(16-19)31(32)33)15-12-24(23)27-26(28-25)30-13-3-2-4-14-30/h5-11,16H,2-4,12-15,17-18H2,1H3. The van der Waals surface area contributed by atoms with E-state index in [1.54, 1.807) is 19.2 Å². The van der Waals surface area contributed by atoms with E-state index in [1.165, 1.54) is 12.5 Å². The number of rotatable bonds is 7. The summed E-state index contributed by atoms with van der Waals surface area (Å²) in [6, 6.07) is 14.3. The summed E-state index contributed by atoms with van der Waals surface area (Å²) in [5.41, 5.74) is 3.00. The van der Waals surface area contributed by atoms with Gasteiger partial charge in [-0.3, -0.25) is 15.0 Å². The van der Waals surface area contributed by atoms with Crippen LogP contribution in [0.3, 0.4) is 0 Å². The van der Waals surface area contributed by atoms with Crippen LogP contribution in [0.25, 0.3) is 0 Å². The van der Waals surface area contributed by atoms with Crippen LogP contribution in [0, 0.1) is 10.1 Å². The topological polar surface area (TPSA) is 93.9 Å². The molecular weight excluding hydrogens is 446 g/mol. The van der Waals surface area contributed by atoms with Crippen LogP contribution in [-0.4, -0.2) is 46.5 Å². The molecule has 0 N–H and O–H groups in total. The van der Waals surface area contributed by atoms with Gasteiger partial charge in [-0.1, -0.05) is 12.1 Å². The van der Waals surface area contributed by atoms with Crippen molar-refractivity contribution in [3.8, 4) is 17.4 Å². The Morgan fingerprint density at radius 1 is 1.00 bits per heavy atom. The van der Waals surface area contributed by atoms with Gasteiger partial charge in [-0.15, -0.1) is 0 Å². The predicted molar refractivity (Wildman–Crippen MR) is 132 cm³/mol. The number of benzene rings is 2. The Bertz CT molecular complexity index is 1190. The fourth-order valence-electron chi connectivity index (χ4n) is 4.66. The smallest absolute Gasteiger partial charge is 0.269 e. The quantitative estimate of drug-likeness (QED) is 0.357. The van der Waals surface area contributed by atoms with Gasteiger partial charge >= 0.3 is 0 Å². The zero-order valence-corrected chi connectivity index (χ0v) is 19.9. The number of hydrogen-bond donors (Lipinski definition) is 0. The zero-order valence-electron chi connectivity index (χ0n) is 19.9. The Morgan fingerprint density at radius 2 is 1.77 bits per heavy atom. The highest BCUT2D eigenvalue weighted by atomic mass is 16.6. The Hall–Kier alpha value is -3.72. The Balaban J connectivity index is 1.43. The molecule has 0 spiro atoms. The van der Waals surface area contributed by atoms with E-state index < -0.39 is 0 Å². The molecule has 9 heteroatoms. The van der Waals surface area contributed by atoms with Crippen molar-refractivity contribution in [1.82, 2.24) is 14.9 Å². The number of non-ortho nitro benzene ring substituents is 1. The fraction of sp³-hybridized carbons (Fsp3) is 0.385. The number of anilines is 1. The summed E-state index contributed by atoms with van der Waals surface area (Å²) in [5, 5.41) is 11.2. The number of ether oxygens (including phenoxy) is 2. The lowest BCUT2D eigenvalue weighted by molar-refractivity contribution is -0.384. The third-order valence-electron chi connectivity index (χ3n) is 6.53. The van der Waals surface area contributed by atoms with Crippen LogP contribution in [0.4, 0.5) is 11.6 Å². The molecule has 3 aromatic rings. The minimum atomic E-state index is -0.355. The molecule has 5 rings (SSSR count). The molecule has 0 aliphatic carbocycles. The monoisotopic (exact) mass is 475 g/mol. The largest absolute Gasteiger partial charge is 0.497 e. The summed E-state index contributed by atoms with van der Waals surface area (Å²) in [7, 11) is 1.64. The molecule has 2 aliphatic heterocycles. The average molecular weight is 476 g/mol. The summed E-state index contributed by atoms with van der Waals surface area (Å²) in [6.45, 7) is 3.95. The minimum absolute atomic E-state index is 0.109.